The number of aliphatic carboxylic acids is 1. The van der Waals surface area contributed by atoms with E-state index >= 15 is 0 Å². The van der Waals surface area contributed by atoms with Crippen LogP contribution in [0.15, 0.2) is 33.2 Å². The third-order valence-electron chi connectivity index (χ3n) is 3.81. The van der Waals surface area contributed by atoms with Gasteiger partial charge in [-0.1, -0.05) is 15.9 Å². The molecule has 5 nitrogen and oxygen atoms in total. The molecule has 22 heavy (non-hydrogen) atoms. The number of benzene rings is 1. The van der Waals surface area contributed by atoms with E-state index in [1.54, 1.807) is 23.9 Å². The molecule has 0 atom stereocenters. The average molecular weight is 384 g/mol. The van der Waals surface area contributed by atoms with Crippen molar-refractivity contribution in [2.75, 3.05) is 11.5 Å². The lowest BCUT2D eigenvalue weighted by Crippen LogP contribution is -2.56. The Morgan fingerprint density at radius 1 is 1.27 bits per heavy atom. The molecule has 1 aliphatic heterocycles. The lowest BCUT2D eigenvalue weighted by Gasteiger charge is -2.33. The van der Waals surface area contributed by atoms with Crippen molar-refractivity contribution in [3.05, 3.63) is 34.5 Å². The standard InChI is InChI=1S/C15H14BrNO4S/c16-10-1-2-11-9(7-10)8-12(21-11)13(18)17-15(14(19)20)3-5-22-6-4-15/h1-2,7-8H,3-6H2,(H,17,18)(H,19,20). The zero-order valence-electron chi connectivity index (χ0n) is 11.6. The van der Waals surface area contributed by atoms with Crippen LogP contribution >= 0.6 is 27.7 Å². The predicted molar refractivity (Wildman–Crippen MR) is 88.3 cm³/mol. The van der Waals surface area contributed by atoms with Crippen molar-refractivity contribution < 1.29 is 19.1 Å². The van der Waals surface area contributed by atoms with Crippen LogP contribution in [0.25, 0.3) is 11.0 Å². The topological polar surface area (TPSA) is 79.5 Å². The fraction of sp³-hybridized carbons (Fsp3) is 0.333. The van der Waals surface area contributed by atoms with Gasteiger partial charge in [0.1, 0.15) is 11.1 Å². The van der Waals surface area contributed by atoms with Crippen molar-refractivity contribution in [1.29, 1.82) is 0 Å². The number of rotatable bonds is 3. The Hall–Kier alpha value is -1.47. The molecule has 0 bridgehead atoms. The first-order valence-electron chi connectivity index (χ1n) is 6.83. The first kappa shape index (κ1) is 15.4. The molecular formula is C15H14BrNO4S. The average Bonchev–Trinajstić information content (AvgIpc) is 2.91. The third-order valence-corrected chi connectivity index (χ3v) is 5.29. The first-order chi connectivity index (χ1) is 10.5. The lowest BCUT2D eigenvalue weighted by molar-refractivity contribution is -0.144. The molecule has 0 unspecified atom stereocenters. The molecule has 2 N–H and O–H groups in total. The van der Waals surface area contributed by atoms with Crippen LogP contribution in [0.5, 0.6) is 0 Å². The minimum absolute atomic E-state index is 0.131. The van der Waals surface area contributed by atoms with Crippen LogP contribution in [0, 0.1) is 0 Å². The van der Waals surface area contributed by atoms with E-state index in [9.17, 15) is 14.7 Å². The van der Waals surface area contributed by atoms with E-state index in [1.807, 2.05) is 12.1 Å². The summed E-state index contributed by atoms with van der Waals surface area (Å²) in [5.41, 5.74) is -0.598. The second-order valence-corrected chi connectivity index (χ2v) is 7.39. The Bertz CT molecular complexity index is 736. The molecule has 116 valence electrons. The van der Waals surface area contributed by atoms with E-state index in [0.717, 1.165) is 21.4 Å². The van der Waals surface area contributed by atoms with E-state index in [4.69, 9.17) is 4.42 Å². The Labute approximate surface area is 139 Å². The van der Waals surface area contributed by atoms with E-state index < -0.39 is 17.4 Å². The zero-order chi connectivity index (χ0) is 15.7. The van der Waals surface area contributed by atoms with Gasteiger partial charge in [0.05, 0.1) is 0 Å². The van der Waals surface area contributed by atoms with E-state index in [-0.39, 0.29) is 5.76 Å². The number of amides is 1. The van der Waals surface area contributed by atoms with Gasteiger partial charge in [0.25, 0.3) is 5.91 Å². The molecule has 2 heterocycles. The number of thioether (sulfide) groups is 1. The van der Waals surface area contributed by atoms with Crippen LogP contribution in [0.2, 0.25) is 0 Å². The molecule has 2 aromatic rings. The smallest absolute Gasteiger partial charge is 0.329 e. The fourth-order valence-electron chi connectivity index (χ4n) is 2.52. The maximum absolute atomic E-state index is 12.4. The lowest BCUT2D eigenvalue weighted by atomic mass is 9.92. The Morgan fingerprint density at radius 3 is 2.68 bits per heavy atom. The van der Waals surface area contributed by atoms with Crippen LogP contribution in [0.4, 0.5) is 0 Å². The number of halogens is 1. The summed E-state index contributed by atoms with van der Waals surface area (Å²) < 4.78 is 6.41. The molecule has 1 aromatic heterocycles. The second kappa shape index (κ2) is 5.96. The van der Waals surface area contributed by atoms with E-state index in [2.05, 4.69) is 21.2 Å². The number of carbonyl (C=O) groups excluding carboxylic acids is 1. The van der Waals surface area contributed by atoms with Gasteiger partial charge < -0.3 is 14.8 Å². The van der Waals surface area contributed by atoms with Gasteiger partial charge in [-0.3, -0.25) is 4.79 Å². The van der Waals surface area contributed by atoms with E-state index in [0.29, 0.717) is 18.4 Å². The first-order valence-corrected chi connectivity index (χ1v) is 8.78. The molecule has 7 heteroatoms. The van der Waals surface area contributed by atoms with Crippen molar-refractivity contribution in [3.8, 4) is 0 Å². The van der Waals surface area contributed by atoms with Gasteiger partial charge in [0, 0.05) is 9.86 Å². The van der Waals surface area contributed by atoms with Gasteiger partial charge in [-0.15, -0.1) is 0 Å². The summed E-state index contributed by atoms with van der Waals surface area (Å²) in [6, 6.07) is 7.06. The Kier molecular flexibility index (Phi) is 4.18. The van der Waals surface area contributed by atoms with Gasteiger partial charge in [0.2, 0.25) is 0 Å². The number of carbonyl (C=O) groups is 2. The van der Waals surface area contributed by atoms with Crippen molar-refractivity contribution in [3.63, 3.8) is 0 Å². The number of hydrogen-bond donors (Lipinski definition) is 2. The Morgan fingerprint density at radius 2 is 2.00 bits per heavy atom. The molecule has 0 spiro atoms. The van der Waals surface area contributed by atoms with Crippen molar-refractivity contribution in [2.24, 2.45) is 0 Å². The minimum Gasteiger partial charge on any atom is -0.480 e. The molecular weight excluding hydrogens is 370 g/mol. The number of hydrogen-bond acceptors (Lipinski definition) is 4. The highest BCUT2D eigenvalue weighted by molar-refractivity contribution is 9.10. The SMILES string of the molecule is O=C(NC1(C(=O)O)CCSCC1)c1cc2cc(Br)ccc2o1. The normalized spacial score (nSPS) is 17.3. The fourth-order valence-corrected chi connectivity index (χ4v) is 4.09. The largest absolute Gasteiger partial charge is 0.480 e. The third kappa shape index (κ3) is 2.87. The summed E-state index contributed by atoms with van der Waals surface area (Å²) in [5, 5.41) is 13.0. The van der Waals surface area contributed by atoms with Gasteiger partial charge in [0.15, 0.2) is 5.76 Å². The predicted octanol–water partition coefficient (Wildman–Crippen LogP) is 3.28. The van der Waals surface area contributed by atoms with E-state index in [1.165, 1.54) is 0 Å². The highest BCUT2D eigenvalue weighted by Crippen LogP contribution is 2.29. The highest BCUT2D eigenvalue weighted by Gasteiger charge is 2.41. The van der Waals surface area contributed by atoms with Crippen molar-refractivity contribution >= 4 is 50.5 Å². The summed E-state index contributed by atoms with van der Waals surface area (Å²) in [6.45, 7) is 0. The Balaban J connectivity index is 1.86. The molecule has 1 amide bonds. The molecule has 1 fully saturated rings. The second-order valence-electron chi connectivity index (χ2n) is 5.25. The van der Waals surface area contributed by atoms with Crippen LogP contribution < -0.4 is 5.32 Å². The summed E-state index contributed by atoms with van der Waals surface area (Å²) in [4.78, 5) is 24.0. The number of furan rings is 1. The van der Waals surface area contributed by atoms with Crippen LogP contribution in [-0.4, -0.2) is 34.0 Å². The number of fused-ring (bicyclic) bond motifs is 1. The molecule has 1 aliphatic rings. The minimum atomic E-state index is -1.19. The van der Waals surface area contributed by atoms with Crippen molar-refractivity contribution in [2.45, 2.75) is 18.4 Å². The summed E-state index contributed by atoms with van der Waals surface area (Å²) >= 11 is 5.06. The summed E-state index contributed by atoms with van der Waals surface area (Å²) in [7, 11) is 0. The number of carboxylic acid groups (broad SMARTS) is 1. The summed E-state index contributed by atoms with van der Waals surface area (Å²) in [5.74, 6) is 0.104. The highest BCUT2D eigenvalue weighted by atomic mass is 79.9. The number of nitrogens with one attached hydrogen (secondary N) is 1. The maximum Gasteiger partial charge on any atom is 0.329 e. The number of carboxylic acids is 1. The quantitative estimate of drug-likeness (QED) is 0.849. The molecule has 0 radical (unpaired) electrons. The molecule has 3 rings (SSSR count). The molecule has 0 aliphatic carbocycles. The molecule has 1 saturated heterocycles. The maximum atomic E-state index is 12.4. The van der Waals surface area contributed by atoms with Gasteiger partial charge >= 0.3 is 5.97 Å². The van der Waals surface area contributed by atoms with Crippen LogP contribution in [0.3, 0.4) is 0 Å². The van der Waals surface area contributed by atoms with Gasteiger partial charge in [-0.25, -0.2) is 4.79 Å². The van der Waals surface area contributed by atoms with Gasteiger partial charge in [-0.2, -0.15) is 11.8 Å². The molecule has 0 saturated carbocycles. The zero-order valence-corrected chi connectivity index (χ0v) is 14.0. The van der Waals surface area contributed by atoms with Gasteiger partial charge in [-0.05, 0) is 48.6 Å². The monoisotopic (exact) mass is 383 g/mol. The molecule has 1 aromatic carbocycles. The summed E-state index contributed by atoms with van der Waals surface area (Å²) in [6.07, 6.45) is 0.842. The van der Waals surface area contributed by atoms with Crippen molar-refractivity contribution in [1.82, 2.24) is 5.32 Å². The van der Waals surface area contributed by atoms with Crippen LogP contribution in [-0.2, 0) is 4.79 Å². The van der Waals surface area contributed by atoms with Crippen LogP contribution in [0.1, 0.15) is 23.4 Å².